The van der Waals surface area contributed by atoms with Crippen molar-refractivity contribution in [1.82, 2.24) is 0 Å². The summed E-state index contributed by atoms with van der Waals surface area (Å²) in [7, 11) is 0. The molecule has 66 heavy (non-hydrogen) atoms. The van der Waals surface area contributed by atoms with E-state index in [-0.39, 0.29) is 24.8 Å². The van der Waals surface area contributed by atoms with Gasteiger partial charge in [0, 0.05) is 11.1 Å². The number of esters is 2. The SMILES string of the molecule is CCCC1CCC(c2c(C)c(C)c(CC(=O)Oc3ccc4c(c3-c3c(OC(=O)Cc5c(C)c(C)c(C6CCC(CCC)CC6)c(C)c5C)ccc5c3CCCC5)CCCC4)c(C)c2C)CC1. The maximum Gasteiger partial charge on any atom is 0.315 e. The number of fused-ring (bicyclic) bond motifs is 2. The van der Waals surface area contributed by atoms with Crippen LogP contribution in [-0.2, 0) is 48.1 Å². The minimum Gasteiger partial charge on any atom is -0.426 e. The van der Waals surface area contributed by atoms with Crippen LogP contribution >= 0.6 is 0 Å². The number of hydrogen-bond donors (Lipinski definition) is 0. The van der Waals surface area contributed by atoms with E-state index in [1.165, 1.54) is 155 Å². The largest absolute Gasteiger partial charge is 0.426 e. The van der Waals surface area contributed by atoms with Crippen LogP contribution in [0, 0.1) is 67.2 Å². The number of benzene rings is 4. The third-order valence-electron chi connectivity index (χ3n) is 17.9. The van der Waals surface area contributed by atoms with Crippen LogP contribution in [0.1, 0.15) is 217 Å². The molecule has 0 radical (unpaired) electrons. The Labute approximate surface area is 399 Å². The number of carbonyl (C=O) groups is 2. The van der Waals surface area contributed by atoms with E-state index in [0.717, 1.165) is 85.5 Å². The Kier molecular flexibility index (Phi) is 15.4. The second-order valence-electron chi connectivity index (χ2n) is 21.7. The summed E-state index contributed by atoms with van der Waals surface area (Å²) in [5.41, 5.74) is 22.7. The first kappa shape index (κ1) is 48.3. The monoisotopic (exact) mass is 891 g/mol. The molecule has 0 bridgehead atoms. The van der Waals surface area contributed by atoms with Gasteiger partial charge in [-0.2, -0.15) is 0 Å². The van der Waals surface area contributed by atoms with Gasteiger partial charge >= 0.3 is 11.9 Å². The molecule has 8 rings (SSSR count). The molecule has 0 saturated heterocycles. The smallest absolute Gasteiger partial charge is 0.315 e. The van der Waals surface area contributed by atoms with Gasteiger partial charge in [-0.25, -0.2) is 0 Å². The molecular formula is C62H82O4. The lowest BCUT2D eigenvalue weighted by Gasteiger charge is -2.32. The Bertz CT molecular complexity index is 2220. The maximum absolute atomic E-state index is 14.5. The standard InChI is InChI=1S/C62H82O4/c1-11-17-45-23-27-49(28-24-45)59-41(7)37(3)53(38(4)42(59)8)35-57(63)65-55-33-31-47-19-13-15-21-51(47)61(55)62-52-22-16-14-20-48(52)32-34-56(62)66-58(64)36-54-39(5)43(9)60(44(10)40(54)6)50-29-25-46(18-12-2)26-30-50/h31-34,45-46,49-50H,11-30,35-36H2,1-10H3. The van der Waals surface area contributed by atoms with E-state index < -0.39 is 0 Å². The first-order chi connectivity index (χ1) is 31.8. The quantitative estimate of drug-likeness (QED) is 0.0991. The molecule has 4 aromatic rings. The molecule has 0 aliphatic heterocycles. The van der Waals surface area contributed by atoms with Gasteiger partial charge in [-0.1, -0.05) is 51.7 Å². The molecule has 4 nitrogen and oxygen atoms in total. The zero-order chi connectivity index (χ0) is 46.8. The van der Waals surface area contributed by atoms with Crippen LogP contribution in [0.3, 0.4) is 0 Å². The molecular weight excluding hydrogens is 809 g/mol. The highest BCUT2D eigenvalue weighted by Gasteiger charge is 2.32. The normalized spacial score (nSPS) is 20.7. The average molecular weight is 891 g/mol. The third-order valence-corrected chi connectivity index (χ3v) is 17.9. The molecule has 0 heterocycles. The molecule has 4 aliphatic carbocycles. The molecule has 0 aromatic heterocycles. The predicted octanol–water partition coefficient (Wildman–Crippen LogP) is 16.0. The number of rotatable bonds is 13. The van der Waals surface area contributed by atoms with Crippen molar-refractivity contribution in [3.8, 4) is 22.6 Å². The Morgan fingerprint density at radius 3 is 1.12 bits per heavy atom. The van der Waals surface area contributed by atoms with Crippen molar-refractivity contribution in [2.75, 3.05) is 0 Å². The van der Waals surface area contributed by atoms with Crippen LogP contribution in [0.15, 0.2) is 24.3 Å². The van der Waals surface area contributed by atoms with Crippen molar-refractivity contribution >= 4 is 11.9 Å². The Morgan fingerprint density at radius 1 is 0.455 bits per heavy atom. The molecule has 0 amide bonds. The van der Waals surface area contributed by atoms with Crippen LogP contribution in [0.4, 0.5) is 0 Å². The zero-order valence-electron chi connectivity index (χ0n) is 42.8. The number of carbonyl (C=O) groups excluding carboxylic acids is 2. The van der Waals surface area contributed by atoms with E-state index in [9.17, 15) is 9.59 Å². The summed E-state index contributed by atoms with van der Waals surface area (Å²) in [5.74, 6) is 3.66. The lowest BCUT2D eigenvalue weighted by atomic mass is 9.73. The lowest BCUT2D eigenvalue weighted by Crippen LogP contribution is -2.20. The van der Waals surface area contributed by atoms with Gasteiger partial charge in [0.05, 0.1) is 12.8 Å². The van der Waals surface area contributed by atoms with Gasteiger partial charge < -0.3 is 9.47 Å². The minimum absolute atomic E-state index is 0.227. The first-order valence-electron chi connectivity index (χ1n) is 26.7. The summed E-state index contributed by atoms with van der Waals surface area (Å²) in [4.78, 5) is 29.0. The third kappa shape index (κ3) is 9.73. The van der Waals surface area contributed by atoms with E-state index in [1.54, 1.807) is 0 Å². The van der Waals surface area contributed by atoms with E-state index in [0.29, 0.717) is 23.3 Å². The highest BCUT2D eigenvalue weighted by molar-refractivity contribution is 5.89. The van der Waals surface area contributed by atoms with Crippen LogP contribution in [0.5, 0.6) is 11.5 Å². The molecule has 0 atom stereocenters. The van der Waals surface area contributed by atoms with Crippen molar-refractivity contribution < 1.29 is 19.1 Å². The lowest BCUT2D eigenvalue weighted by molar-refractivity contribution is -0.134. The Balaban J connectivity index is 1.10. The summed E-state index contributed by atoms with van der Waals surface area (Å²) in [5, 5.41) is 0. The van der Waals surface area contributed by atoms with Gasteiger partial charge in [-0.15, -0.1) is 0 Å². The van der Waals surface area contributed by atoms with Gasteiger partial charge in [-0.05, 0) is 283 Å². The van der Waals surface area contributed by atoms with Crippen molar-refractivity contribution in [2.24, 2.45) is 11.8 Å². The van der Waals surface area contributed by atoms with Crippen molar-refractivity contribution in [1.29, 1.82) is 0 Å². The van der Waals surface area contributed by atoms with Crippen molar-refractivity contribution in [3.05, 3.63) is 113 Å². The van der Waals surface area contributed by atoms with Gasteiger partial charge in [-0.3, -0.25) is 9.59 Å². The fourth-order valence-electron chi connectivity index (χ4n) is 13.8. The molecule has 354 valence electrons. The van der Waals surface area contributed by atoms with Crippen LogP contribution in [0.2, 0.25) is 0 Å². The molecule has 2 saturated carbocycles. The Hall–Kier alpha value is -4.18. The second-order valence-corrected chi connectivity index (χ2v) is 21.7. The highest BCUT2D eigenvalue weighted by atomic mass is 16.5. The van der Waals surface area contributed by atoms with Crippen molar-refractivity contribution in [2.45, 2.75) is 222 Å². The van der Waals surface area contributed by atoms with Crippen LogP contribution in [-0.4, -0.2) is 11.9 Å². The fourth-order valence-corrected chi connectivity index (χ4v) is 13.8. The van der Waals surface area contributed by atoms with Gasteiger partial charge in [0.25, 0.3) is 0 Å². The highest BCUT2D eigenvalue weighted by Crippen LogP contribution is 2.48. The van der Waals surface area contributed by atoms with Crippen LogP contribution < -0.4 is 9.47 Å². The number of aryl methyl sites for hydroxylation is 2. The van der Waals surface area contributed by atoms with E-state index in [4.69, 9.17) is 9.47 Å². The Morgan fingerprint density at radius 2 is 0.788 bits per heavy atom. The average Bonchev–Trinajstić information content (AvgIpc) is 3.32. The van der Waals surface area contributed by atoms with Gasteiger partial charge in [0.1, 0.15) is 11.5 Å². The first-order valence-corrected chi connectivity index (χ1v) is 26.7. The molecule has 0 N–H and O–H groups in total. The second kappa shape index (κ2) is 21.0. The maximum atomic E-state index is 14.5. The van der Waals surface area contributed by atoms with E-state index in [2.05, 4.69) is 81.4 Å². The minimum atomic E-state index is -0.234. The summed E-state index contributed by atoms with van der Waals surface area (Å²) in [6, 6.07) is 8.45. The summed E-state index contributed by atoms with van der Waals surface area (Å²) < 4.78 is 13.3. The van der Waals surface area contributed by atoms with Crippen molar-refractivity contribution in [3.63, 3.8) is 0 Å². The topological polar surface area (TPSA) is 52.6 Å². The summed E-state index contributed by atoms with van der Waals surface area (Å²) in [6.45, 7) is 22.6. The van der Waals surface area contributed by atoms with Gasteiger partial charge in [0.15, 0.2) is 0 Å². The molecule has 4 aromatic carbocycles. The van der Waals surface area contributed by atoms with Gasteiger partial charge in [0.2, 0.25) is 0 Å². The molecule has 2 fully saturated rings. The van der Waals surface area contributed by atoms with Crippen LogP contribution in [0.25, 0.3) is 11.1 Å². The molecule has 4 heteroatoms. The summed E-state index contributed by atoms with van der Waals surface area (Å²) >= 11 is 0. The van der Waals surface area contributed by atoms with E-state index in [1.807, 2.05) is 12.1 Å². The molecule has 4 aliphatic rings. The fraction of sp³-hybridized carbons (Fsp3) is 0.581. The predicted molar refractivity (Wildman–Crippen MR) is 274 cm³/mol. The molecule has 0 unspecified atom stereocenters. The number of ether oxygens (including phenoxy) is 2. The molecule has 0 spiro atoms. The summed E-state index contributed by atoms with van der Waals surface area (Å²) in [6.07, 6.45) is 24.3. The number of hydrogen-bond acceptors (Lipinski definition) is 4. The van der Waals surface area contributed by atoms with E-state index >= 15 is 0 Å². The zero-order valence-corrected chi connectivity index (χ0v) is 42.8.